The molecule has 1 aliphatic carbocycles. The van der Waals surface area contributed by atoms with Crippen molar-refractivity contribution in [1.82, 2.24) is 0 Å². The standard InChI is InChI=1S/C12H16O3/c1-12(14)7-3-2-5-9(12)11(13)10-6-4-8-15-10/h4,6,8-9,14H,2-3,5,7H2,1H3/t9-,12-/m1/s1. The second-order valence-electron chi connectivity index (χ2n) is 4.50. The topological polar surface area (TPSA) is 50.4 Å². The lowest BCUT2D eigenvalue weighted by Gasteiger charge is -2.35. The second kappa shape index (κ2) is 3.81. The van der Waals surface area contributed by atoms with Crippen molar-refractivity contribution in [2.75, 3.05) is 0 Å². The zero-order chi connectivity index (χ0) is 10.9. The van der Waals surface area contributed by atoms with Gasteiger partial charge in [0.15, 0.2) is 5.76 Å². The molecule has 1 fully saturated rings. The minimum atomic E-state index is -0.873. The summed E-state index contributed by atoms with van der Waals surface area (Å²) in [5.74, 6) is -0.00993. The number of ketones is 1. The van der Waals surface area contributed by atoms with Crippen molar-refractivity contribution < 1.29 is 14.3 Å². The molecule has 2 rings (SSSR count). The first kappa shape index (κ1) is 10.4. The van der Waals surface area contributed by atoms with Gasteiger partial charge in [-0.1, -0.05) is 12.8 Å². The molecule has 1 saturated carbocycles. The molecule has 0 aromatic carbocycles. The van der Waals surface area contributed by atoms with Crippen molar-refractivity contribution in [2.24, 2.45) is 5.92 Å². The van der Waals surface area contributed by atoms with Gasteiger partial charge in [-0.15, -0.1) is 0 Å². The monoisotopic (exact) mass is 208 g/mol. The molecule has 0 spiro atoms. The van der Waals surface area contributed by atoms with Gasteiger partial charge in [-0.2, -0.15) is 0 Å². The summed E-state index contributed by atoms with van der Waals surface area (Å²) in [4.78, 5) is 12.0. The summed E-state index contributed by atoms with van der Waals surface area (Å²) in [6.45, 7) is 1.75. The predicted molar refractivity (Wildman–Crippen MR) is 55.6 cm³/mol. The summed E-state index contributed by atoms with van der Waals surface area (Å²) in [7, 11) is 0. The Morgan fingerprint density at radius 3 is 3.00 bits per heavy atom. The molecule has 82 valence electrons. The van der Waals surface area contributed by atoms with E-state index in [9.17, 15) is 9.90 Å². The van der Waals surface area contributed by atoms with E-state index < -0.39 is 5.60 Å². The third-order valence-corrected chi connectivity index (χ3v) is 3.26. The highest BCUT2D eigenvalue weighted by molar-refractivity contribution is 5.96. The van der Waals surface area contributed by atoms with Crippen molar-refractivity contribution in [3.05, 3.63) is 24.2 Å². The van der Waals surface area contributed by atoms with E-state index in [4.69, 9.17) is 4.42 Å². The Morgan fingerprint density at radius 2 is 2.40 bits per heavy atom. The Bertz CT molecular complexity index is 338. The average Bonchev–Trinajstić information content (AvgIpc) is 2.69. The molecular formula is C12H16O3. The normalized spacial score (nSPS) is 31.5. The van der Waals surface area contributed by atoms with Crippen LogP contribution in [0.15, 0.2) is 22.8 Å². The van der Waals surface area contributed by atoms with E-state index in [0.717, 1.165) is 19.3 Å². The van der Waals surface area contributed by atoms with Gasteiger partial charge in [-0.05, 0) is 31.9 Å². The smallest absolute Gasteiger partial charge is 0.203 e. The second-order valence-corrected chi connectivity index (χ2v) is 4.50. The molecule has 15 heavy (non-hydrogen) atoms. The van der Waals surface area contributed by atoms with Crippen molar-refractivity contribution in [3.63, 3.8) is 0 Å². The molecule has 0 amide bonds. The van der Waals surface area contributed by atoms with Crippen molar-refractivity contribution in [1.29, 1.82) is 0 Å². The van der Waals surface area contributed by atoms with E-state index >= 15 is 0 Å². The fourth-order valence-electron chi connectivity index (χ4n) is 2.32. The number of rotatable bonds is 2. The quantitative estimate of drug-likeness (QED) is 0.759. The average molecular weight is 208 g/mol. The van der Waals surface area contributed by atoms with Gasteiger partial charge in [0.25, 0.3) is 0 Å². The summed E-state index contributed by atoms with van der Waals surface area (Å²) < 4.78 is 5.08. The molecule has 0 radical (unpaired) electrons. The molecular weight excluding hydrogens is 192 g/mol. The SMILES string of the molecule is C[C@@]1(O)CCCC[C@@H]1C(=O)c1ccco1. The Hall–Kier alpha value is -1.09. The highest BCUT2D eigenvalue weighted by Crippen LogP contribution is 2.35. The fourth-order valence-corrected chi connectivity index (χ4v) is 2.32. The first-order valence-electron chi connectivity index (χ1n) is 5.41. The van der Waals surface area contributed by atoms with Crippen LogP contribution in [0.2, 0.25) is 0 Å². The van der Waals surface area contributed by atoms with Crippen LogP contribution in [-0.4, -0.2) is 16.5 Å². The van der Waals surface area contributed by atoms with Gasteiger partial charge in [-0.25, -0.2) is 0 Å². The third kappa shape index (κ3) is 1.97. The summed E-state index contributed by atoms with van der Waals surface area (Å²) >= 11 is 0. The highest BCUT2D eigenvalue weighted by Gasteiger charge is 2.40. The number of hydrogen-bond acceptors (Lipinski definition) is 3. The zero-order valence-electron chi connectivity index (χ0n) is 8.90. The van der Waals surface area contributed by atoms with E-state index in [-0.39, 0.29) is 11.7 Å². The maximum absolute atomic E-state index is 12.0. The molecule has 0 unspecified atom stereocenters. The van der Waals surface area contributed by atoms with E-state index in [1.54, 1.807) is 19.1 Å². The van der Waals surface area contributed by atoms with Crippen molar-refractivity contribution in [3.8, 4) is 0 Å². The largest absolute Gasteiger partial charge is 0.461 e. The van der Waals surface area contributed by atoms with Crippen LogP contribution >= 0.6 is 0 Å². The van der Waals surface area contributed by atoms with Crippen molar-refractivity contribution in [2.45, 2.75) is 38.2 Å². The third-order valence-electron chi connectivity index (χ3n) is 3.26. The van der Waals surface area contributed by atoms with Gasteiger partial charge in [0, 0.05) is 0 Å². The summed E-state index contributed by atoms with van der Waals surface area (Å²) in [6.07, 6.45) is 4.95. The molecule has 1 N–H and O–H groups in total. The van der Waals surface area contributed by atoms with Gasteiger partial charge in [0.2, 0.25) is 5.78 Å². The highest BCUT2D eigenvalue weighted by atomic mass is 16.3. The summed E-state index contributed by atoms with van der Waals surface area (Å²) in [5.41, 5.74) is -0.873. The lowest BCUT2D eigenvalue weighted by Crippen LogP contribution is -2.42. The molecule has 0 saturated heterocycles. The first-order chi connectivity index (χ1) is 7.11. The minimum absolute atomic E-state index is 0.0651. The summed E-state index contributed by atoms with van der Waals surface area (Å²) in [5, 5.41) is 10.1. The Balaban J connectivity index is 2.19. The van der Waals surface area contributed by atoms with E-state index in [1.165, 1.54) is 6.26 Å². The minimum Gasteiger partial charge on any atom is -0.461 e. The Kier molecular flexibility index (Phi) is 2.65. The lowest BCUT2D eigenvalue weighted by molar-refractivity contribution is -0.0221. The van der Waals surface area contributed by atoms with Crippen LogP contribution in [0.5, 0.6) is 0 Å². The van der Waals surface area contributed by atoms with Crippen LogP contribution in [0, 0.1) is 5.92 Å². The molecule has 1 aliphatic rings. The zero-order valence-corrected chi connectivity index (χ0v) is 8.90. The van der Waals surface area contributed by atoms with Gasteiger partial charge in [0.05, 0.1) is 17.8 Å². The summed E-state index contributed by atoms with van der Waals surface area (Å²) in [6, 6.07) is 3.36. The predicted octanol–water partition coefficient (Wildman–Crippen LogP) is 2.40. The number of hydrogen-bond donors (Lipinski definition) is 1. The number of carbonyl (C=O) groups is 1. The lowest BCUT2D eigenvalue weighted by atomic mass is 9.74. The molecule has 0 bridgehead atoms. The van der Waals surface area contributed by atoms with Crippen LogP contribution in [0.1, 0.15) is 43.2 Å². The van der Waals surface area contributed by atoms with Gasteiger partial charge in [0.1, 0.15) is 0 Å². The first-order valence-corrected chi connectivity index (χ1v) is 5.41. The number of carbonyl (C=O) groups excluding carboxylic acids is 1. The molecule has 1 heterocycles. The van der Waals surface area contributed by atoms with E-state index in [1.807, 2.05) is 0 Å². The van der Waals surface area contributed by atoms with Crippen LogP contribution in [0.25, 0.3) is 0 Å². The van der Waals surface area contributed by atoms with E-state index in [0.29, 0.717) is 12.2 Å². The number of furan rings is 1. The van der Waals surface area contributed by atoms with Crippen LogP contribution in [0.3, 0.4) is 0 Å². The molecule has 3 nitrogen and oxygen atoms in total. The van der Waals surface area contributed by atoms with Crippen molar-refractivity contribution >= 4 is 5.78 Å². The maximum atomic E-state index is 12.0. The number of aliphatic hydroxyl groups is 1. The Morgan fingerprint density at radius 1 is 1.60 bits per heavy atom. The van der Waals surface area contributed by atoms with Gasteiger partial charge < -0.3 is 9.52 Å². The maximum Gasteiger partial charge on any atom is 0.203 e. The molecule has 3 heteroatoms. The van der Waals surface area contributed by atoms with Crippen LogP contribution in [-0.2, 0) is 0 Å². The van der Waals surface area contributed by atoms with Crippen LogP contribution in [0.4, 0.5) is 0 Å². The molecule has 1 aromatic rings. The van der Waals surface area contributed by atoms with Gasteiger partial charge in [-0.3, -0.25) is 4.79 Å². The molecule has 1 aromatic heterocycles. The molecule has 0 aliphatic heterocycles. The number of Topliss-reactive ketones (excluding diaryl/α,β-unsaturated/α-hetero) is 1. The Labute approximate surface area is 89.1 Å². The van der Waals surface area contributed by atoms with Crippen LogP contribution < -0.4 is 0 Å². The molecule has 2 atom stereocenters. The fraction of sp³-hybridized carbons (Fsp3) is 0.583. The van der Waals surface area contributed by atoms with Gasteiger partial charge >= 0.3 is 0 Å². The van der Waals surface area contributed by atoms with E-state index in [2.05, 4.69) is 0 Å².